The standard InChI is InChI=1S/C19H31N3O4S/c1-13(2)8-11-26-16(23)12-15-18(25)20-9-10-22(15)19(27)21-17(24)14-6-4-3-5-7-14/h13-15H,3-12H2,1-2H3,(H,20,25)(H,21,24,27). The van der Waals surface area contributed by atoms with Crippen molar-refractivity contribution in [3.8, 4) is 0 Å². The summed E-state index contributed by atoms with van der Waals surface area (Å²) in [5.74, 6) is -0.353. The maximum atomic E-state index is 12.4. The lowest BCUT2D eigenvalue weighted by atomic mass is 9.89. The Balaban J connectivity index is 1.91. The van der Waals surface area contributed by atoms with Crippen LogP contribution in [-0.2, 0) is 19.1 Å². The van der Waals surface area contributed by atoms with Gasteiger partial charge in [-0.05, 0) is 37.4 Å². The van der Waals surface area contributed by atoms with Crippen LogP contribution in [-0.4, -0.2) is 53.5 Å². The average Bonchev–Trinajstić information content (AvgIpc) is 2.63. The Morgan fingerprint density at radius 2 is 2.00 bits per heavy atom. The molecule has 2 fully saturated rings. The van der Waals surface area contributed by atoms with Crippen molar-refractivity contribution in [1.82, 2.24) is 15.5 Å². The molecule has 0 aromatic carbocycles. The molecule has 1 saturated heterocycles. The van der Waals surface area contributed by atoms with Gasteiger partial charge in [-0.2, -0.15) is 0 Å². The Morgan fingerprint density at radius 3 is 2.67 bits per heavy atom. The van der Waals surface area contributed by atoms with E-state index in [1.54, 1.807) is 4.90 Å². The first-order valence-electron chi connectivity index (χ1n) is 9.93. The fraction of sp³-hybridized carbons (Fsp3) is 0.789. The molecule has 0 bridgehead atoms. The first-order valence-corrected chi connectivity index (χ1v) is 10.3. The van der Waals surface area contributed by atoms with Crippen LogP contribution >= 0.6 is 12.2 Å². The molecule has 1 heterocycles. The highest BCUT2D eigenvalue weighted by Gasteiger charge is 2.34. The molecule has 27 heavy (non-hydrogen) atoms. The molecule has 1 saturated carbocycles. The van der Waals surface area contributed by atoms with E-state index in [4.69, 9.17) is 17.0 Å². The zero-order chi connectivity index (χ0) is 19.8. The van der Waals surface area contributed by atoms with Crippen LogP contribution in [0.15, 0.2) is 0 Å². The van der Waals surface area contributed by atoms with Gasteiger partial charge in [-0.25, -0.2) is 0 Å². The van der Waals surface area contributed by atoms with Crippen molar-refractivity contribution < 1.29 is 19.1 Å². The number of ether oxygens (including phenoxy) is 1. The third-order valence-corrected chi connectivity index (χ3v) is 5.45. The molecule has 152 valence electrons. The lowest BCUT2D eigenvalue weighted by Gasteiger charge is -2.36. The van der Waals surface area contributed by atoms with E-state index in [1.807, 2.05) is 0 Å². The monoisotopic (exact) mass is 397 g/mol. The predicted octanol–water partition coefficient (Wildman–Crippen LogP) is 1.75. The Morgan fingerprint density at radius 1 is 1.30 bits per heavy atom. The zero-order valence-corrected chi connectivity index (χ0v) is 17.1. The molecule has 1 unspecified atom stereocenters. The lowest BCUT2D eigenvalue weighted by molar-refractivity contribution is -0.147. The van der Waals surface area contributed by atoms with Crippen LogP contribution in [0.1, 0.15) is 58.8 Å². The van der Waals surface area contributed by atoms with Gasteiger partial charge in [0.05, 0.1) is 13.0 Å². The maximum Gasteiger partial charge on any atom is 0.308 e. The number of hydrogen-bond donors (Lipinski definition) is 2. The number of nitrogens with one attached hydrogen (secondary N) is 2. The van der Waals surface area contributed by atoms with Crippen molar-refractivity contribution in [3.05, 3.63) is 0 Å². The predicted molar refractivity (Wildman–Crippen MR) is 106 cm³/mol. The number of hydrogen-bond acceptors (Lipinski definition) is 5. The van der Waals surface area contributed by atoms with Gasteiger partial charge in [0.15, 0.2) is 5.11 Å². The SMILES string of the molecule is CC(C)CCOC(=O)CC1C(=O)NCCN1C(=S)NC(=O)C1CCCCC1. The molecular formula is C19H31N3O4S. The molecule has 1 aliphatic carbocycles. The van der Waals surface area contributed by atoms with Crippen LogP contribution in [0.5, 0.6) is 0 Å². The molecule has 0 radical (unpaired) electrons. The first-order chi connectivity index (χ1) is 12.9. The number of amides is 2. The van der Waals surface area contributed by atoms with E-state index >= 15 is 0 Å². The summed E-state index contributed by atoms with van der Waals surface area (Å²) in [6.45, 7) is 5.33. The molecule has 1 aliphatic heterocycles. The summed E-state index contributed by atoms with van der Waals surface area (Å²) in [5, 5.41) is 5.76. The Labute approximate surface area is 166 Å². The second-order valence-corrected chi connectivity index (χ2v) is 8.12. The Kier molecular flexibility index (Phi) is 8.47. The first kappa shape index (κ1) is 21.6. The van der Waals surface area contributed by atoms with Gasteiger partial charge in [0.2, 0.25) is 11.8 Å². The maximum absolute atomic E-state index is 12.4. The van der Waals surface area contributed by atoms with Gasteiger partial charge in [-0.3, -0.25) is 14.4 Å². The van der Waals surface area contributed by atoms with Gasteiger partial charge in [-0.15, -0.1) is 0 Å². The molecule has 1 atom stereocenters. The largest absolute Gasteiger partial charge is 0.466 e. The number of piperazine rings is 1. The van der Waals surface area contributed by atoms with E-state index in [9.17, 15) is 14.4 Å². The molecule has 8 heteroatoms. The average molecular weight is 398 g/mol. The summed E-state index contributed by atoms with van der Waals surface area (Å²) in [5.41, 5.74) is 0. The van der Waals surface area contributed by atoms with E-state index in [0.29, 0.717) is 25.6 Å². The highest BCUT2D eigenvalue weighted by molar-refractivity contribution is 7.80. The van der Waals surface area contributed by atoms with Crippen molar-refractivity contribution in [1.29, 1.82) is 0 Å². The summed E-state index contributed by atoms with van der Waals surface area (Å²) >= 11 is 5.39. The van der Waals surface area contributed by atoms with Crippen molar-refractivity contribution in [2.75, 3.05) is 19.7 Å². The highest BCUT2D eigenvalue weighted by atomic mass is 32.1. The van der Waals surface area contributed by atoms with Crippen molar-refractivity contribution >= 4 is 35.1 Å². The molecule has 2 N–H and O–H groups in total. The number of thiocarbonyl (C=S) groups is 1. The van der Waals surface area contributed by atoms with E-state index in [1.165, 1.54) is 6.42 Å². The minimum atomic E-state index is -0.746. The zero-order valence-electron chi connectivity index (χ0n) is 16.3. The van der Waals surface area contributed by atoms with Crippen LogP contribution < -0.4 is 10.6 Å². The molecular weight excluding hydrogens is 366 g/mol. The fourth-order valence-electron chi connectivity index (χ4n) is 3.43. The number of esters is 1. The minimum absolute atomic E-state index is 0.0187. The Bertz CT molecular complexity index is 561. The van der Waals surface area contributed by atoms with E-state index in [0.717, 1.165) is 32.1 Å². The van der Waals surface area contributed by atoms with Crippen LogP contribution in [0, 0.1) is 11.8 Å². The van der Waals surface area contributed by atoms with Crippen molar-refractivity contribution in [2.24, 2.45) is 11.8 Å². The number of nitrogens with zero attached hydrogens (tertiary/aromatic N) is 1. The smallest absolute Gasteiger partial charge is 0.308 e. The van der Waals surface area contributed by atoms with Gasteiger partial charge >= 0.3 is 5.97 Å². The summed E-state index contributed by atoms with van der Waals surface area (Å²) in [6, 6.07) is -0.746. The highest BCUT2D eigenvalue weighted by Crippen LogP contribution is 2.23. The number of rotatable bonds is 6. The molecule has 0 aromatic heterocycles. The van der Waals surface area contributed by atoms with Crippen LogP contribution in [0.3, 0.4) is 0 Å². The van der Waals surface area contributed by atoms with Crippen molar-refractivity contribution in [3.63, 3.8) is 0 Å². The second-order valence-electron chi connectivity index (χ2n) is 7.74. The van der Waals surface area contributed by atoms with Gasteiger partial charge in [0.25, 0.3) is 0 Å². The van der Waals surface area contributed by atoms with Gasteiger partial charge < -0.3 is 20.3 Å². The lowest BCUT2D eigenvalue weighted by Crippen LogP contribution is -2.60. The van der Waals surface area contributed by atoms with E-state index < -0.39 is 12.0 Å². The topological polar surface area (TPSA) is 87.7 Å². The molecule has 2 rings (SSSR count). The molecule has 7 nitrogen and oxygen atoms in total. The summed E-state index contributed by atoms with van der Waals surface area (Å²) < 4.78 is 5.23. The van der Waals surface area contributed by atoms with E-state index in [-0.39, 0.29) is 29.3 Å². The van der Waals surface area contributed by atoms with Gasteiger partial charge in [0, 0.05) is 19.0 Å². The number of carbonyl (C=O) groups is 3. The fourth-order valence-corrected chi connectivity index (χ4v) is 3.75. The van der Waals surface area contributed by atoms with E-state index in [2.05, 4.69) is 24.5 Å². The molecule has 2 aliphatic rings. The third-order valence-electron chi connectivity index (χ3n) is 5.12. The summed E-state index contributed by atoms with van der Waals surface area (Å²) in [6.07, 6.45) is 5.73. The second kappa shape index (κ2) is 10.6. The number of carbonyl (C=O) groups excluding carboxylic acids is 3. The van der Waals surface area contributed by atoms with Gasteiger partial charge in [-0.1, -0.05) is 33.1 Å². The molecule has 0 aromatic rings. The summed E-state index contributed by atoms with van der Waals surface area (Å²) in [4.78, 5) is 38.5. The quantitative estimate of drug-likeness (QED) is 0.524. The third kappa shape index (κ3) is 6.75. The Hall–Kier alpha value is -1.70. The van der Waals surface area contributed by atoms with Crippen molar-refractivity contribution in [2.45, 2.75) is 64.8 Å². The van der Waals surface area contributed by atoms with Crippen LogP contribution in [0.25, 0.3) is 0 Å². The van der Waals surface area contributed by atoms with Gasteiger partial charge in [0.1, 0.15) is 6.04 Å². The summed E-state index contributed by atoms with van der Waals surface area (Å²) in [7, 11) is 0. The van der Waals surface area contributed by atoms with Crippen LogP contribution in [0.2, 0.25) is 0 Å². The minimum Gasteiger partial charge on any atom is -0.466 e. The molecule has 0 spiro atoms. The van der Waals surface area contributed by atoms with Crippen LogP contribution in [0.4, 0.5) is 0 Å². The normalized spacial score (nSPS) is 20.9. The molecule has 2 amide bonds.